The summed E-state index contributed by atoms with van der Waals surface area (Å²) < 4.78 is 12.2. The molecule has 1 N–H and O–H groups in total. The van der Waals surface area contributed by atoms with Gasteiger partial charge in [-0.1, -0.05) is 42.5 Å². The van der Waals surface area contributed by atoms with E-state index in [0.717, 1.165) is 5.56 Å². The molecular formula is C25H22N2O5. The number of rotatable bonds is 7. The molecule has 0 unspecified atom stereocenters. The first-order chi connectivity index (χ1) is 15.6. The normalized spacial score (nSPS) is 10.8. The molecule has 32 heavy (non-hydrogen) atoms. The number of pyridine rings is 1. The summed E-state index contributed by atoms with van der Waals surface area (Å²) in [5.41, 5.74) is 2.00. The summed E-state index contributed by atoms with van der Waals surface area (Å²) in [7, 11) is 1.56. The number of methoxy groups -OCH3 is 1. The summed E-state index contributed by atoms with van der Waals surface area (Å²) in [4.78, 5) is 37.5. The summed E-state index contributed by atoms with van der Waals surface area (Å²) in [6.07, 6.45) is 0. The van der Waals surface area contributed by atoms with Crippen LogP contribution in [0.4, 0.5) is 0 Å². The van der Waals surface area contributed by atoms with Crippen LogP contribution in [0.1, 0.15) is 5.56 Å². The van der Waals surface area contributed by atoms with Gasteiger partial charge in [0.25, 0.3) is 5.91 Å². The van der Waals surface area contributed by atoms with Crippen molar-refractivity contribution in [3.05, 3.63) is 88.6 Å². The van der Waals surface area contributed by atoms with Gasteiger partial charge in [-0.2, -0.15) is 0 Å². The highest BCUT2D eigenvalue weighted by atomic mass is 16.5. The molecule has 0 saturated heterocycles. The second kappa shape index (κ2) is 9.34. The number of aromatic nitrogens is 1. The lowest BCUT2D eigenvalue weighted by Gasteiger charge is -2.14. The predicted octanol–water partition coefficient (Wildman–Crippen LogP) is 3.02. The SMILES string of the molecule is COc1ccccc1CNC(=O)COC(=O)Cn1c2ccccc2c(=O)c2ccccc21. The van der Waals surface area contributed by atoms with E-state index in [2.05, 4.69) is 5.32 Å². The number of para-hydroxylation sites is 3. The Morgan fingerprint density at radius 3 is 2.12 bits per heavy atom. The molecule has 0 bridgehead atoms. The number of amides is 1. The van der Waals surface area contributed by atoms with Crippen LogP contribution in [0, 0.1) is 0 Å². The largest absolute Gasteiger partial charge is 0.496 e. The second-order valence-electron chi connectivity index (χ2n) is 7.20. The van der Waals surface area contributed by atoms with Crippen molar-refractivity contribution in [3.8, 4) is 5.75 Å². The van der Waals surface area contributed by atoms with Crippen LogP contribution in [0.3, 0.4) is 0 Å². The van der Waals surface area contributed by atoms with Gasteiger partial charge in [0.05, 0.1) is 18.1 Å². The quantitative estimate of drug-likeness (QED) is 0.360. The average Bonchev–Trinajstić information content (AvgIpc) is 2.84. The van der Waals surface area contributed by atoms with Gasteiger partial charge < -0.3 is 19.4 Å². The fourth-order valence-electron chi connectivity index (χ4n) is 3.66. The third-order valence-electron chi connectivity index (χ3n) is 5.20. The molecule has 4 aromatic rings. The van der Waals surface area contributed by atoms with Gasteiger partial charge in [-0.25, -0.2) is 0 Å². The van der Waals surface area contributed by atoms with Gasteiger partial charge in [-0.05, 0) is 30.3 Å². The molecule has 0 aliphatic heterocycles. The monoisotopic (exact) mass is 430 g/mol. The molecule has 1 amide bonds. The predicted molar refractivity (Wildman–Crippen MR) is 122 cm³/mol. The standard InChI is InChI=1S/C25H22N2O5/c1-31-22-13-7-2-8-17(22)14-26-23(28)16-32-24(29)15-27-20-11-5-3-9-18(20)25(30)19-10-4-6-12-21(19)27/h2-13H,14-16H2,1H3,(H,26,28). The Morgan fingerprint density at radius 1 is 0.875 bits per heavy atom. The average molecular weight is 430 g/mol. The van der Waals surface area contributed by atoms with Gasteiger partial charge in [0.15, 0.2) is 12.0 Å². The topological polar surface area (TPSA) is 86.6 Å². The van der Waals surface area contributed by atoms with E-state index >= 15 is 0 Å². The fraction of sp³-hybridized carbons (Fsp3) is 0.160. The summed E-state index contributed by atoms with van der Waals surface area (Å²) in [5, 5.41) is 3.76. The van der Waals surface area contributed by atoms with Crippen molar-refractivity contribution in [3.63, 3.8) is 0 Å². The van der Waals surface area contributed by atoms with Crippen molar-refractivity contribution in [1.82, 2.24) is 9.88 Å². The zero-order valence-electron chi connectivity index (χ0n) is 17.5. The van der Waals surface area contributed by atoms with E-state index in [9.17, 15) is 14.4 Å². The smallest absolute Gasteiger partial charge is 0.326 e. The number of hydrogen-bond acceptors (Lipinski definition) is 5. The van der Waals surface area contributed by atoms with Crippen LogP contribution < -0.4 is 15.5 Å². The van der Waals surface area contributed by atoms with E-state index in [-0.39, 0.29) is 18.5 Å². The minimum absolute atomic E-state index is 0.0865. The number of fused-ring (bicyclic) bond motifs is 2. The minimum atomic E-state index is -0.573. The minimum Gasteiger partial charge on any atom is -0.496 e. The molecule has 3 aromatic carbocycles. The zero-order valence-corrected chi connectivity index (χ0v) is 17.5. The third kappa shape index (κ3) is 4.32. The number of nitrogens with one attached hydrogen (secondary N) is 1. The molecule has 1 heterocycles. The lowest BCUT2D eigenvalue weighted by Crippen LogP contribution is -2.29. The highest BCUT2D eigenvalue weighted by Gasteiger charge is 2.14. The number of carbonyl (C=O) groups excluding carboxylic acids is 2. The Bertz CT molecular complexity index is 1300. The summed E-state index contributed by atoms with van der Waals surface area (Å²) in [5.74, 6) is -0.322. The van der Waals surface area contributed by atoms with Crippen LogP contribution in [0.25, 0.3) is 21.8 Å². The number of benzene rings is 3. The zero-order chi connectivity index (χ0) is 22.5. The van der Waals surface area contributed by atoms with Crippen LogP contribution in [0.2, 0.25) is 0 Å². The van der Waals surface area contributed by atoms with Crippen LogP contribution in [-0.4, -0.2) is 30.2 Å². The number of hydrogen-bond donors (Lipinski definition) is 1. The van der Waals surface area contributed by atoms with Crippen LogP contribution >= 0.6 is 0 Å². The Balaban J connectivity index is 1.46. The fourth-order valence-corrected chi connectivity index (χ4v) is 3.66. The molecule has 162 valence electrons. The molecule has 0 aliphatic rings. The number of esters is 1. The highest BCUT2D eigenvalue weighted by Crippen LogP contribution is 2.19. The number of nitrogens with zero attached hydrogens (tertiary/aromatic N) is 1. The van der Waals surface area contributed by atoms with E-state index < -0.39 is 18.5 Å². The molecule has 4 rings (SSSR count). The second-order valence-corrected chi connectivity index (χ2v) is 7.20. The van der Waals surface area contributed by atoms with Crippen molar-refractivity contribution in [2.45, 2.75) is 13.1 Å². The highest BCUT2D eigenvalue weighted by molar-refractivity contribution is 5.94. The van der Waals surface area contributed by atoms with Crippen molar-refractivity contribution in [2.24, 2.45) is 0 Å². The number of ether oxygens (including phenoxy) is 2. The maximum atomic E-state index is 12.8. The molecular weight excluding hydrogens is 408 g/mol. The molecule has 7 heteroatoms. The Hall–Kier alpha value is -4.13. The molecule has 0 spiro atoms. The Labute approximate surface area is 184 Å². The van der Waals surface area contributed by atoms with Gasteiger partial charge in [0, 0.05) is 22.9 Å². The van der Waals surface area contributed by atoms with Crippen LogP contribution in [-0.2, 0) is 27.4 Å². The lowest BCUT2D eigenvalue weighted by molar-refractivity contribution is -0.149. The first-order valence-electron chi connectivity index (χ1n) is 10.1. The van der Waals surface area contributed by atoms with E-state index in [1.165, 1.54) is 0 Å². The van der Waals surface area contributed by atoms with Crippen molar-refractivity contribution in [2.75, 3.05) is 13.7 Å². The molecule has 0 fully saturated rings. The molecule has 0 atom stereocenters. The Morgan fingerprint density at radius 2 is 1.47 bits per heavy atom. The van der Waals surface area contributed by atoms with Gasteiger partial charge in [0.1, 0.15) is 12.3 Å². The Kier molecular flexibility index (Phi) is 6.17. The van der Waals surface area contributed by atoms with Crippen LogP contribution in [0.5, 0.6) is 5.75 Å². The molecule has 0 radical (unpaired) electrons. The summed E-state index contributed by atoms with van der Waals surface area (Å²) >= 11 is 0. The van der Waals surface area contributed by atoms with E-state index in [1.54, 1.807) is 54.1 Å². The molecule has 1 aromatic heterocycles. The number of carbonyl (C=O) groups is 2. The summed E-state index contributed by atoms with van der Waals surface area (Å²) in [6.45, 7) is -0.263. The molecule has 0 saturated carbocycles. The van der Waals surface area contributed by atoms with Crippen molar-refractivity contribution < 1.29 is 19.1 Å². The maximum Gasteiger partial charge on any atom is 0.326 e. The molecule has 7 nitrogen and oxygen atoms in total. The van der Waals surface area contributed by atoms with Crippen LogP contribution in [0.15, 0.2) is 77.6 Å². The van der Waals surface area contributed by atoms with Crippen molar-refractivity contribution in [1.29, 1.82) is 0 Å². The lowest BCUT2D eigenvalue weighted by atomic mass is 10.1. The van der Waals surface area contributed by atoms with Gasteiger partial charge in [-0.3, -0.25) is 14.4 Å². The first kappa shape index (κ1) is 21.1. The first-order valence-corrected chi connectivity index (χ1v) is 10.1. The van der Waals surface area contributed by atoms with Gasteiger partial charge >= 0.3 is 5.97 Å². The van der Waals surface area contributed by atoms with Gasteiger partial charge in [-0.15, -0.1) is 0 Å². The third-order valence-corrected chi connectivity index (χ3v) is 5.20. The van der Waals surface area contributed by atoms with E-state index in [1.807, 2.05) is 30.3 Å². The van der Waals surface area contributed by atoms with Crippen molar-refractivity contribution >= 4 is 33.7 Å². The summed E-state index contributed by atoms with van der Waals surface area (Å²) in [6, 6.07) is 21.6. The van der Waals surface area contributed by atoms with Gasteiger partial charge in [0.2, 0.25) is 0 Å². The van der Waals surface area contributed by atoms with E-state index in [0.29, 0.717) is 27.6 Å². The maximum absolute atomic E-state index is 12.8. The molecule has 0 aliphatic carbocycles. The van der Waals surface area contributed by atoms with E-state index in [4.69, 9.17) is 9.47 Å².